The molecule has 3 N–H and O–H groups in total. The van der Waals surface area contributed by atoms with Crippen LogP contribution >= 0.6 is 0 Å². The summed E-state index contributed by atoms with van der Waals surface area (Å²) in [6.07, 6.45) is 4.17. The van der Waals surface area contributed by atoms with Crippen molar-refractivity contribution in [1.82, 2.24) is 35.4 Å². The first-order chi connectivity index (χ1) is 15.3. The summed E-state index contributed by atoms with van der Waals surface area (Å²) in [5.74, 6) is 1.57. The molecule has 31 heavy (non-hydrogen) atoms. The highest BCUT2D eigenvalue weighted by Gasteiger charge is 2.21. The van der Waals surface area contributed by atoms with Crippen LogP contribution in [0, 0.1) is 0 Å². The van der Waals surface area contributed by atoms with Crippen LogP contribution in [0.5, 0.6) is 0 Å². The predicted octanol–water partition coefficient (Wildman–Crippen LogP) is 2.72. The molecule has 2 fully saturated rings. The number of likely N-dealkylation sites (N-methyl/N-ethyl adjacent to an activating group) is 1. The zero-order valence-electron chi connectivity index (χ0n) is 17.9. The molecule has 0 bridgehead atoms. The Morgan fingerprint density at radius 2 is 1.84 bits per heavy atom. The van der Waals surface area contributed by atoms with Crippen LogP contribution in [0.4, 0.5) is 5.82 Å². The van der Waals surface area contributed by atoms with Crippen molar-refractivity contribution in [3.8, 4) is 11.4 Å². The molecule has 2 saturated heterocycles. The van der Waals surface area contributed by atoms with Gasteiger partial charge in [0.1, 0.15) is 17.0 Å². The number of H-pyrrole nitrogens is 2. The van der Waals surface area contributed by atoms with E-state index in [1.165, 1.54) is 5.69 Å². The minimum absolute atomic E-state index is 0.518. The normalized spacial score (nSPS) is 18.9. The Bertz CT molecular complexity index is 1210. The summed E-state index contributed by atoms with van der Waals surface area (Å²) in [6, 6.07) is 8.50. The van der Waals surface area contributed by atoms with E-state index in [-0.39, 0.29) is 0 Å². The molecule has 6 heterocycles. The van der Waals surface area contributed by atoms with Crippen LogP contribution in [0.3, 0.4) is 0 Å². The molecule has 4 aromatic rings. The van der Waals surface area contributed by atoms with Gasteiger partial charge in [-0.05, 0) is 57.2 Å². The van der Waals surface area contributed by atoms with Gasteiger partial charge in [-0.2, -0.15) is 5.10 Å². The minimum atomic E-state index is 0.518. The Morgan fingerprint density at radius 3 is 2.68 bits per heavy atom. The Labute approximate surface area is 181 Å². The highest BCUT2D eigenvalue weighted by atomic mass is 15.3. The number of hydrogen-bond acceptors (Lipinski definition) is 6. The lowest BCUT2D eigenvalue weighted by Gasteiger charge is -2.33. The van der Waals surface area contributed by atoms with Crippen LogP contribution in [0.1, 0.15) is 24.5 Å². The van der Waals surface area contributed by atoms with Crippen molar-refractivity contribution >= 4 is 27.8 Å². The van der Waals surface area contributed by atoms with Gasteiger partial charge >= 0.3 is 0 Å². The summed E-state index contributed by atoms with van der Waals surface area (Å²) >= 11 is 0. The molecular formula is C23H28N8. The quantitative estimate of drug-likeness (QED) is 0.476. The number of aromatic amines is 2. The fourth-order valence-corrected chi connectivity index (χ4v) is 4.88. The van der Waals surface area contributed by atoms with E-state index in [0.717, 1.165) is 91.3 Å². The van der Waals surface area contributed by atoms with Gasteiger partial charge < -0.3 is 20.1 Å². The van der Waals surface area contributed by atoms with Crippen LogP contribution in [-0.2, 0) is 0 Å². The molecule has 0 atom stereocenters. The fourth-order valence-electron chi connectivity index (χ4n) is 4.88. The van der Waals surface area contributed by atoms with Gasteiger partial charge in [-0.25, -0.2) is 9.97 Å². The molecule has 0 unspecified atom stereocenters. The van der Waals surface area contributed by atoms with E-state index in [1.807, 2.05) is 12.3 Å². The van der Waals surface area contributed by atoms with Crippen molar-refractivity contribution in [3.05, 3.63) is 36.2 Å². The smallest absolute Gasteiger partial charge is 0.138 e. The van der Waals surface area contributed by atoms with E-state index in [1.54, 1.807) is 0 Å². The van der Waals surface area contributed by atoms with Gasteiger partial charge in [-0.1, -0.05) is 0 Å². The number of aromatic nitrogens is 5. The van der Waals surface area contributed by atoms with Crippen LogP contribution in [-0.4, -0.2) is 76.4 Å². The highest BCUT2D eigenvalue weighted by Crippen LogP contribution is 2.33. The molecular weight excluding hydrogens is 388 g/mol. The Balaban J connectivity index is 1.40. The molecule has 0 radical (unpaired) electrons. The van der Waals surface area contributed by atoms with Crippen molar-refractivity contribution in [2.24, 2.45) is 0 Å². The van der Waals surface area contributed by atoms with Gasteiger partial charge in [0.25, 0.3) is 0 Å². The largest absolute Gasteiger partial charge is 0.353 e. The number of nitrogens with one attached hydrogen (secondary N) is 3. The molecule has 0 aromatic carbocycles. The zero-order chi connectivity index (χ0) is 20.8. The van der Waals surface area contributed by atoms with E-state index >= 15 is 0 Å². The monoisotopic (exact) mass is 416 g/mol. The first-order valence-electron chi connectivity index (χ1n) is 11.2. The van der Waals surface area contributed by atoms with Crippen LogP contribution in [0.15, 0.2) is 30.5 Å². The minimum Gasteiger partial charge on any atom is -0.353 e. The van der Waals surface area contributed by atoms with Crippen molar-refractivity contribution in [2.75, 3.05) is 51.2 Å². The lowest BCUT2D eigenvalue weighted by Crippen LogP contribution is -2.44. The van der Waals surface area contributed by atoms with Crippen molar-refractivity contribution in [1.29, 1.82) is 0 Å². The Morgan fingerprint density at radius 1 is 1.00 bits per heavy atom. The molecule has 6 rings (SSSR count). The molecule has 4 aromatic heterocycles. The van der Waals surface area contributed by atoms with E-state index in [4.69, 9.17) is 9.97 Å². The van der Waals surface area contributed by atoms with Gasteiger partial charge in [0.2, 0.25) is 0 Å². The molecule has 0 spiro atoms. The third kappa shape index (κ3) is 3.36. The van der Waals surface area contributed by atoms with Gasteiger partial charge in [-0.15, -0.1) is 0 Å². The Kier molecular flexibility index (Phi) is 4.61. The third-order valence-corrected chi connectivity index (χ3v) is 6.77. The molecule has 8 nitrogen and oxygen atoms in total. The predicted molar refractivity (Wildman–Crippen MR) is 124 cm³/mol. The molecule has 0 aliphatic carbocycles. The second-order valence-corrected chi connectivity index (χ2v) is 8.80. The summed E-state index contributed by atoms with van der Waals surface area (Å²) < 4.78 is 0. The van der Waals surface area contributed by atoms with Crippen LogP contribution < -0.4 is 10.2 Å². The van der Waals surface area contributed by atoms with Crippen LogP contribution in [0.25, 0.3) is 33.3 Å². The number of fused-ring (bicyclic) bond motifs is 2. The van der Waals surface area contributed by atoms with Gasteiger partial charge in [-0.3, -0.25) is 5.10 Å². The van der Waals surface area contributed by atoms with E-state index in [2.05, 4.69) is 55.5 Å². The summed E-state index contributed by atoms with van der Waals surface area (Å²) in [5.41, 5.74) is 6.04. The Hall–Kier alpha value is -2.97. The second kappa shape index (κ2) is 7.62. The van der Waals surface area contributed by atoms with Crippen molar-refractivity contribution < 1.29 is 0 Å². The lowest BCUT2D eigenvalue weighted by molar-refractivity contribution is 0.312. The SMILES string of the molecule is CN1CCN(c2nccc3[nH]c(-c4n[nH]c5ccc(C6CCNCC6)nc45)cc23)CC1. The second-order valence-electron chi connectivity index (χ2n) is 8.80. The van der Waals surface area contributed by atoms with E-state index in [0.29, 0.717) is 5.92 Å². The maximum Gasteiger partial charge on any atom is 0.138 e. The average molecular weight is 417 g/mol. The summed E-state index contributed by atoms with van der Waals surface area (Å²) in [7, 11) is 2.17. The number of hydrogen-bond donors (Lipinski definition) is 3. The third-order valence-electron chi connectivity index (χ3n) is 6.77. The number of anilines is 1. The van der Waals surface area contributed by atoms with E-state index < -0.39 is 0 Å². The molecule has 2 aliphatic rings. The maximum atomic E-state index is 5.05. The van der Waals surface area contributed by atoms with Crippen molar-refractivity contribution in [3.63, 3.8) is 0 Å². The maximum absolute atomic E-state index is 5.05. The standard InChI is InChI=1S/C23H28N8/c1-30-10-12-31(13-11-30)23-16-14-20(26-18(16)6-9-25-23)22-21-19(28-29-22)3-2-17(27-21)15-4-7-24-8-5-15/h2-3,6,9,14-15,24,26H,4-5,7-8,10-13H2,1H3,(H,28,29). The topological polar surface area (TPSA) is 88.8 Å². The molecule has 8 heteroatoms. The van der Waals surface area contributed by atoms with Gasteiger partial charge in [0, 0.05) is 49.4 Å². The molecule has 0 amide bonds. The first-order valence-corrected chi connectivity index (χ1v) is 11.2. The summed E-state index contributed by atoms with van der Waals surface area (Å²) in [6.45, 7) is 6.23. The van der Waals surface area contributed by atoms with E-state index in [9.17, 15) is 0 Å². The lowest BCUT2D eigenvalue weighted by atomic mass is 9.94. The molecule has 160 valence electrons. The van der Waals surface area contributed by atoms with Gasteiger partial charge in [0.05, 0.1) is 16.7 Å². The van der Waals surface area contributed by atoms with Crippen LogP contribution in [0.2, 0.25) is 0 Å². The fraction of sp³-hybridized carbons (Fsp3) is 0.435. The first kappa shape index (κ1) is 18.8. The number of pyridine rings is 2. The summed E-state index contributed by atoms with van der Waals surface area (Å²) in [4.78, 5) is 18.1. The molecule has 2 aliphatic heterocycles. The summed E-state index contributed by atoms with van der Waals surface area (Å²) in [5, 5.41) is 12.4. The number of piperazine rings is 1. The highest BCUT2D eigenvalue weighted by molar-refractivity contribution is 5.97. The average Bonchev–Trinajstić information content (AvgIpc) is 3.43. The number of rotatable bonds is 3. The molecule has 0 saturated carbocycles. The number of piperidine rings is 1. The van der Waals surface area contributed by atoms with Gasteiger partial charge in [0.15, 0.2) is 0 Å². The number of nitrogens with zero attached hydrogens (tertiary/aromatic N) is 5. The zero-order valence-corrected chi connectivity index (χ0v) is 17.9. The van der Waals surface area contributed by atoms with Crippen molar-refractivity contribution in [2.45, 2.75) is 18.8 Å².